The maximum absolute atomic E-state index is 13.4. The van der Waals surface area contributed by atoms with Gasteiger partial charge in [0.15, 0.2) is 0 Å². The summed E-state index contributed by atoms with van der Waals surface area (Å²) in [7, 11) is 0. The maximum Gasteiger partial charge on any atom is 0.222 e. The van der Waals surface area contributed by atoms with E-state index in [9.17, 15) is 13.6 Å². The molecular formula is C13H15F2NOS. The average Bonchev–Trinajstić information content (AvgIpc) is 2.69. The first kappa shape index (κ1) is 13.3. The van der Waals surface area contributed by atoms with Crippen LogP contribution in [0.3, 0.4) is 0 Å². The Balaban J connectivity index is 1.94. The van der Waals surface area contributed by atoms with Crippen LogP contribution in [0.15, 0.2) is 18.2 Å². The zero-order valence-corrected chi connectivity index (χ0v) is 10.8. The van der Waals surface area contributed by atoms with Crippen LogP contribution in [0.4, 0.5) is 8.78 Å². The minimum absolute atomic E-state index is 0.0940. The van der Waals surface area contributed by atoms with Crippen LogP contribution >= 0.6 is 12.6 Å². The molecule has 1 amide bonds. The number of nitrogens with zero attached hydrogens (tertiary/aromatic N) is 1. The van der Waals surface area contributed by atoms with E-state index in [2.05, 4.69) is 12.6 Å². The molecule has 0 aromatic heterocycles. The average molecular weight is 271 g/mol. The number of hydrogen-bond acceptors (Lipinski definition) is 2. The van der Waals surface area contributed by atoms with Crippen LogP contribution in [0, 0.1) is 17.6 Å². The minimum atomic E-state index is -0.580. The fourth-order valence-corrected chi connectivity index (χ4v) is 2.42. The summed E-state index contributed by atoms with van der Waals surface area (Å²) < 4.78 is 26.1. The number of hydrogen-bond donors (Lipinski definition) is 1. The maximum atomic E-state index is 13.4. The largest absolute Gasteiger partial charge is 0.342 e. The minimum Gasteiger partial charge on any atom is -0.342 e. The molecule has 0 saturated carbocycles. The standard InChI is InChI=1S/C13H15F2NOS/c14-11-2-1-10(12(15)6-11)3-4-16-7-9(8-18)5-13(16)17/h1-2,6,9,18H,3-5,7-8H2. The molecule has 1 aliphatic rings. The van der Waals surface area contributed by atoms with Gasteiger partial charge in [0.25, 0.3) is 0 Å². The van der Waals surface area contributed by atoms with Gasteiger partial charge in [0.1, 0.15) is 11.6 Å². The fourth-order valence-electron chi connectivity index (χ4n) is 2.17. The summed E-state index contributed by atoms with van der Waals surface area (Å²) in [5.41, 5.74) is 0.443. The quantitative estimate of drug-likeness (QED) is 0.833. The molecule has 18 heavy (non-hydrogen) atoms. The lowest BCUT2D eigenvalue weighted by Gasteiger charge is -2.16. The van der Waals surface area contributed by atoms with E-state index in [1.54, 1.807) is 4.90 Å². The number of thiol groups is 1. The predicted molar refractivity (Wildman–Crippen MR) is 68.6 cm³/mol. The van der Waals surface area contributed by atoms with E-state index in [1.807, 2.05) is 0 Å². The van der Waals surface area contributed by atoms with Gasteiger partial charge in [-0.1, -0.05) is 6.07 Å². The number of halogens is 2. The number of benzene rings is 1. The molecule has 0 aliphatic carbocycles. The van der Waals surface area contributed by atoms with E-state index in [-0.39, 0.29) is 5.91 Å². The first-order valence-electron chi connectivity index (χ1n) is 5.92. The summed E-state index contributed by atoms with van der Waals surface area (Å²) in [6.07, 6.45) is 0.937. The molecule has 2 nitrogen and oxygen atoms in total. The van der Waals surface area contributed by atoms with Crippen LogP contribution in [0.25, 0.3) is 0 Å². The van der Waals surface area contributed by atoms with Crippen molar-refractivity contribution in [3.05, 3.63) is 35.4 Å². The fraction of sp³-hybridized carbons (Fsp3) is 0.462. The van der Waals surface area contributed by atoms with Crippen molar-refractivity contribution in [1.82, 2.24) is 4.90 Å². The smallest absolute Gasteiger partial charge is 0.222 e. The molecule has 1 aromatic rings. The summed E-state index contributed by atoms with van der Waals surface area (Å²) in [5.74, 6) is -0.0563. The number of amides is 1. The number of likely N-dealkylation sites (tertiary alicyclic amines) is 1. The lowest BCUT2D eigenvalue weighted by Crippen LogP contribution is -2.27. The van der Waals surface area contributed by atoms with Gasteiger partial charge >= 0.3 is 0 Å². The van der Waals surface area contributed by atoms with Crippen LogP contribution < -0.4 is 0 Å². The Kier molecular flexibility index (Phi) is 4.22. The molecule has 0 spiro atoms. The van der Waals surface area contributed by atoms with E-state index in [0.717, 1.165) is 6.07 Å². The van der Waals surface area contributed by atoms with Gasteiger partial charge in [-0.25, -0.2) is 8.78 Å². The van der Waals surface area contributed by atoms with Gasteiger partial charge in [0.05, 0.1) is 0 Å². The van der Waals surface area contributed by atoms with Crippen molar-refractivity contribution in [3.63, 3.8) is 0 Å². The van der Waals surface area contributed by atoms with Crippen molar-refractivity contribution in [3.8, 4) is 0 Å². The van der Waals surface area contributed by atoms with E-state index in [0.29, 0.717) is 43.2 Å². The number of carbonyl (C=O) groups is 1. The van der Waals surface area contributed by atoms with Crippen LogP contribution in [0.2, 0.25) is 0 Å². The van der Waals surface area contributed by atoms with Gasteiger partial charge in [0.2, 0.25) is 5.91 Å². The van der Waals surface area contributed by atoms with Crippen LogP contribution in [0.1, 0.15) is 12.0 Å². The van der Waals surface area contributed by atoms with Gasteiger partial charge in [-0.3, -0.25) is 4.79 Å². The second kappa shape index (κ2) is 5.69. The van der Waals surface area contributed by atoms with Gasteiger partial charge in [0, 0.05) is 25.6 Å². The van der Waals surface area contributed by atoms with E-state index in [1.165, 1.54) is 12.1 Å². The highest BCUT2D eigenvalue weighted by molar-refractivity contribution is 7.80. The Labute approximate surface area is 110 Å². The van der Waals surface area contributed by atoms with Gasteiger partial charge < -0.3 is 4.90 Å². The summed E-state index contributed by atoms with van der Waals surface area (Å²) in [4.78, 5) is 13.4. The van der Waals surface area contributed by atoms with Gasteiger partial charge in [-0.15, -0.1) is 0 Å². The molecule has 0 N–H and O–H groups in total. The van der Waals surface area contributed by atoms with Gasteiger partial charge in [-0.2, -0.15) is 12.6 Å². The second-order valence-corrected chi connectivity index (χ2v) is 4.94. The van der Waals surface area contributed by atoms with Crippen molar-refractivity contribution in [2.24, 2.45) is 5.92 Å². The van der Waals surface area contributed by atoms with Crippen LogP contribution in [-0.2, 0) is 11.2 Å². The normalized spacial score (nSPS) is 19.6. The molecule has 5 heteroatoms. The molecule has 0 radical (unpaired) electrons. The third-order valence-corrected chi connectivity index (χ3v) is 3.74. The molecule has 1 saturated heterocycles. The lowest BCUT2D eigenvalue weighted by atomic mass is 10.1. The third-order valence-electron chi connectivity index (χ3n) is 3.22. The van der Waals surface area contributed by atoms with E-state index < -0.39 is 11.6 Å². The first-order chi connectivity index (χ1) is 8.60. The van der Waals surface area contributed by atoms with Crippen molar-refractivity contribution in [2.75, 3.05) is 18.8 Å². The Bertz CT molecular complexity index is 453. The molecular weight excluding hydrogens is 256 g/mol. The number of rotatable bonds is 4. The zero-order chi connectivity index (χ0) is 13.1. The lowest BCUT2D eigenvalue weighted by molar-refractivity contribution is -0.127. The summed E-state index contributed by atoms with van der Waals surface area (Å²) in [6, 6.07) is 3.54. The molecule has 98 valence electrons. The highest BCUT2D eigenvalue weighted by Crippen LogP contribution is 2.19. The molecule has 1 heterocycles. The molecule has 1 fully saturated rings. The molecule has 1 atom stereocenters. The monoisotopic (exact) mass is 271 g/mol. The molecule has 1 unspecified atom stereocenters. The van der Waals surface area contributed by atoms with Crippen molar-refractivity contribution >= 4 is 18.5 Å². The molecule has 1 aromatic carbocycles. The van der Waals surface area contributed by atoms with Crippen molar-refractivity contribution in [2.45, 2.75) is 12.8 Å². The third kappa shape index (κ3) is 3.02. The van der Waals surface area contributed by atoms with Crippen LogP contribution in [-0.4, -0.2) is 29.6 Å². The zero-order valence-electron chi connectivity index (χ0n) is 9.90. The summed E-state index contributed by atoms with van der Waals surface area (Å²) in [5, 5.41) is 0. The topological polar surface area (TPSA) is 20.3 Å². The van der Waals surface area contributed by atoms with E-state index >= 15 is 0 Å². The molecule has 0 bridgehead atoms. The Morgan fingerprint density at radius 1 is 1.39 bits per heavy atom. The SMILES string of the molecule is O=C1CC(CS)CN1CCc1ccc(F)cc1F. The molecule has 2 rings (SSSR count). The highest BCUT2D eigenvalue weighted by atomic mass is 32.1. The van der Waals surface area contributed by atoms with Crippen LogP contribution in [0.5, 0.6) is 0 Å². The van der Waals surface area contributed by atoms with Gasteiger partial charge in [-0.05, 0) is 29.7 Å². The summed E-state index contributed by atoms with van der Waals surface area (Å²) in [6.45, 7) is 1.16. The molecule has 1 aliphatic heterocycles. The van der Waals surface area contributed by atoms with Crippen molar-refractivity contribution < 1.29 is 13.6 Å². The Hall–Kier alpha value is -1.10. The Morgan fingerprint density at radius 3 is 2.78 bits per heavy atom. The Morgan fingerprint density at radius 2 is 2.17 bits per heavy atom. The number of carbonyl (C=O) groups excluding carboxylic acids is 1. The van der Waals surface area contributed by atoms with Crippen molar-refractivity contribution in [1.29, 1.82) is 0 Å². The second-order valence-electron chi connectivity index (χ2n) is 4.58. The predicted octanol–water partition coefficient (Wildman–Crippen LogP) is 2.29. The highest BCUT2D eigenvalue weighted by Gasteiger charge is 2.28. The summed E-state index contributed by atoms with van der Waals surface area (Å²) >= 11 is 4.18. The first-order valence-corrected chi connectivity index (χ1v) is 6.56. The van der Waals surface area contributed by atoms with E-state index in [4.69, 9.17) is 0 Å².